The molecule has 1 N–H and O–H groups in total. The van der Waals surface area contributed by atoms with E-state index in [1.807, 2.05) is 18.2 Å². The van der Waals surface area contributed by atoms with E-state index < -0.39 is 11.0 Å². The number of hydrogen-bond acceptors (Lipinski definition) is 5. The zero-order chi connectivity index (χ0) is 17.8. The summed E-state index contributed by atoms with van der Waals surface area (Å²) >= 11 is 13.1. The van der Waals surface area contributed by atoms with Crippen molar-refractivity contribution in [3.63, 3.8) is 0 Å². The van der Waals surface area contributed by atoms with Crippen LogP contribution in [0.3, 0.4) is 0 Å². The molecule has 0 radical (unpaired) electrons. The summed E-state index contributed by atoms with van der Waals surface area (Å²) in [5.74, 6) is 0.648. The lowest BCUT2D eigenvalue weighted by Crippen LogP contribution is -2.17. The van der Waals surface area contributed by atoms with Crippen LogP contribution in [0, 0.1) is 0 Å². The average molecular weight is 414 g/mol. The van der Waals surface area contributed by atoms with E-state index in [4.69, 9.17) is 27.9 Å². The lowest BCUT2D eigenvalue weighted by molar-refractivity contribution is 0.413. The standard InChI is InChI=1S/C16H13Cl2N3O2S2/c1-23-11-6-10(21-13(7-11)12-4-2-3-5-19-12)9-20-25(22)14-8-15(17)24-16(14)18/h2-8,20H,9H2,1H3. The summed E-state index contributed by atoms with van der Waals surface area (Å²) in [5, 5.41) is 0. The first-order valence-electron chi connectivity index (χ1n) is 7.13. The summed E-state index contributed by atoms with van der Waals surface area (Å²) in [5.41, 5.74) is 2.08. The fraction of sp³-hybridized carbons (Fsp3) is 0.125. The molecule has 130 valence electrons. The first kappa shape index (κ1) is 18.3. The van der Waals surface area contributed by atoms with Crippen LogP contribution in [0.5, 0.6) is 5.75 Å². The van der Waals surface area contributed by atoms with Crippen LogP contribution in [-0.4, -0.2) is 21.3 Å². The number of halogens is 2. The normalized spacial score (nSPS) is 12.1. The van der Waals surface area contributed by atoms with Gasteiger partial charge in [0.25, 0.3) is 0 Å². The number of pyridine rings is 2. The third-order valence-corrected chi connectivity index (χ3v) is 6.08. The fourth-order valence-corrected chi connectivity index (χ4v) is 4.86. The summed E-state index contributed by atoms with van der Waals surface area (Å²) < 4.78 is 21.5. The van der Waals surface area contributed by atoms with Gasteiger partial charge >= 0.3 is 0 Å². The molecule has 25 heavy (non-hydrogen) atoms. The predicted octanol–water partition coefficient (Wildman–Crippen LogP) is 4.33. The SMILES string of the molecule is COc1cc(CNS(=O)c2cc(Cl)sc2Cl)nc(-c2ccccn2)c1. The molecule has 0 saturated heterocycles. The highest BCUT2D eigenvalue weighted by Gasteiger charge is 2.14. The van der Waals surface area contributed by atoms with Gasteiger partial charge in [0.15, 0.2) is 0 Å². The second kappa shape index (κ2) is 8.25. The van der Waals surface area contributed by atoms with Gasteiger partial charge in [-0.2, -0.15) is 0 Å². The summed E-state index contributed by atoms with van der Waals surface area (Å²) in [6.07, 6.45) is 1.70. The Bertz CT molecular complexity index is 904. The van der Waals surface area contributed by atoms with Gasteiger partial charge in [0.05, 0.1) is 40.0 Å². The first-order chi connectivity index (χ1) is 12.1. The van der Waals surface area contributed by atoms with Gasteiger partial charge in [-0.05, 0) is 18.2 Å². The smallest absolute Gasteiger partial charge is 0.127 e. The van der Waals surface area contributed by atoms with Crippen LogP contribution < -0.4 is 9.46 Å². The zero-order valence-electron chi connectivity index (χ0n) is 13.0. The molecule has 9 heteroatoms. The monoisotopic (exact) mass is 413 g/mol. The minimum Gasteiger partial charge on any atom is -0.497 e. The van der Waals surface area contributed by atoms with E-state index in [0.717, 1.165) is 5.69 Å². The maximum Gasteiger partial charge on any atom is 0.127 e. The Labute approximate surface area is 161 Å². The third kappa shape index (κ3) is 4.56. The average Bonchev–Trinajstić information content (AvgIpc) is 2.98. The molecule has 0 fully saturated rings. The molecule has 3 aromatic rings. The van der Waals surface area contributed by atoms with Gasteiger partial charge < -0.3 is 4.74 Å². The molecule has 0 bridgehead atoms. The van der Waals surface area contributed by atoms with Crippen LogP contribution in [0.4, 0.5) is 0 Å². The summed E-state index contributed by atoms with van der Waals surface area (Å²) in [4.78, 5) is 9.30. The van der Waals surface area contributed by atoms with Crippen molar-refractivity contribution >= 4 is 45.5 Å². The van der Waals surface area contributed by atoms with Crippen molar-refractivity contribution < 1.29 is 8.95 Å². The third-order valence-electron chi connectivity index (χ3n) is 3.22. The van der Waals surface area contributed by atoms with E-state index in [0.29, 0.717) is 30.7 Å². The van der Waals surface area contributed by atoms with E-state index in [9.17, 15) is 4.21 Å². The molecule has 0 spiro atoms. The highest BCUT2D eigenvalue weighted by atomic mass is 35.5. The number of methoxy groups -OCH3 is 1. The second-order valence-corrected chi connectivity index (χ2v) is 8.43. The zero-order valence-corrected chi connectivity index (χ0v) is 16.2. The van der Waals surface area contributed by atoms with Crippen LogP contribution in [0.25, 0.3) is 11.4 Å². The van der Waals surface area contributed by atoms with Crippen molar-refractivity contribution in [3.8, 4) is 17.1 Å². The minimum atomic E-state index is -1.49. The minimum absolute atomic E-state index is 0.271. The number of aromatic nitrogens is 2. The quantitative estimate of drug-likeness (QED) is 0.652. The van der Waals surface area contributed by atoms with Crippen molar-refractivity contribution in [2.24, 2.45) is 0 Å². The van der Waals surface area contributed by atoms with E-state index in [1.165, 1.54) is 11.3 Å². The Kier molecular flexibility index (Phi) is 6.03. The van der Waals surface area contributed by atoms with Gasteiger partial charge in [-0.25, -0.2) is 13.9 Å². The Balaban J connectivity index is 1.80. The van der Waals surface area contributed by atoms with Gasteiger partial charge in [-0.15, -0.1) is 11.3 Å². The number of ether oxygens (including phenoxy) is 1. The van der Waals surface area contributed by atoms with Crippen LogP contribution in [0.1, 0.15) is 5.69 Å². The molecule has 0 aliphatic rings. The maximum absolute atomic E-state index is 12.4. The molecule has 3 rings (SSSR count). The molecule has 3 aromatic heterocycles. The Morgan fingerprint density at radius 3 is 2.72 bits per heavy atom. The molecule has 1 atom stereocenters. The second-order valence-electron chi connectivity index (χ2n) is 4.88. The largest absolute Gasteiger partial charge is 0.497 e. The van der Waals surface area contributed by atoms with Crippen molar-refractivity contribution in [2.75, 3.05) is 7.11 Å². The highest BCUT2D eigenvalue weighted by molar-refractivity contribution is 7.83. The maximum atomic E-state index is 12.4. The first-order valence-corrected chi connectivity index (χ1v) is 9.85. The number of nitrogens with zero attached hydrogens (tertiary/aromatic N) is 2. The summed E-state index contributed by atoms with van der Waals surface area (Å²) in [7, 11) is 0.0966. The predicted molar refractivity (Wildman–Crippen MR) is 102 cm³/mol. The van der Waals surface area contributed by atoms with Crippen LogP contribution >= 0.6 is 34.5 Å². The van der Waals surface area contributed by atoms with Crippen molar-refractivity contribution in [3.05, 3.63) is 57.0 Å². The van der Waals surface area contributed by atoms with Gasteiger partial charge in [0.1, 0.15) is 21.1 Å². The molecule has 1 unspecified atom stereocenters. The van der Waals surface area contributed by atoms with Crippen LogP contribution in [-0.2, 0) is 17.5 Å². The molecular weight excluding hydrogens is 401 g/mol. The Morgan fingerprint density at radius 1 is 1.24 bits per heavy atom. The van der Waals surface area contributed by atoms with E-state index in [-0.39, 0.29) is 6.54 Å². The van der Waals surface area contributed by atoms with Crippen molar-refractivity contribution in [1.82, 2.24) is 14.7 Å². The molecule has 0 aromatic carbocycles. The number of nitrogens with one attached hydrogen (secondary N) is 1. The van der Waals surface area contributed by atoms with Crippen molar-refractivity contribution in [2.45, 2.75) is 11.4 Å². The fourth-order valence-electron chi connectivity index (χ4n) is 2.08. The van der Waals surface area contributed by atoms with Gasteiger partial charge in [-0.3, -0.25) is 4.98 Å². The lowest BCUT2D eigenvalue weighted by Gasteiger charge is -2.09. The lowest BCUT2D eigenvalue weighted by atomic mass is 10.2. The molecule has 0 aliphatic carbocycles. The van der Waals surface area contributed by atoms with Gasteiger partial charge in [0, 0.05) is 18.3 Å². The topological polar surface area (TPSA) is 64.1 Å². The van der Waals surface area contributed by atoms with E-state index >= 15 is 0 Å². The Hall–Kier alpha value is -1.51. The van der Waals surface area contributed by atoms with Crippen molar-refractivity contribution in [1.29, 1.82) is 0 Å². The number of rotatable bonds is 6. The van der Waals surface area contributed by atoms with Gasteiger partial charge in [0.2, 0.25) is 0 Å². The summed E-state index contributed by atoms with van der Waals surface area (Å²) in [6.45, 7) is 0.271. The number of thiophene rings is 1. The molecule has 0 aliphatic heterocycles. The summed E-state index contributed by atoms with van der Waals surface area (Å²) in [6, 6.07) is 10.8. The van der Waals surface area contributed by atoms with E-state index in [1.54, 1.807) is 31.5 Å². The van der Waals surface area contributed by atoms with E-state index in [2.05, 4.69) is 14.7 Å². The molecule has 0 amide bonds. The molecular formula is C16H13Cl2N3O2S2. The van der Waals surface area contributed by atoms with Crippen LogP contribution in [0.2, 0.25) is 8.67 Å². The molecule has 3 heterocycles. The number of hydrogen-bond donors (Lipinski definition) is 1. The van der Waals surface area contributed by atoms with Gasteiger partial charge in [-0.1, -0.05) is 29.3 Å². The Morgan fingerprint density at radius 2 is 2.08 bits per heavy atom. The van der Waals surface area contributed by atoms with Crippen LogP contribution in [0.15, 0.2) is 47.5 Å². The highest BCUT2D eigenvalue weighted by Crippen LogP contribution is 2.33. The molecule has 0 saturated carbocycles. The molecule has 5 nitrogen and oxygen atoms in total.